The minimum absolute atomic E-state index is 0.439. The van der Waals surface area contributed by atoms with E-state index >= 15 is 0 Å². The molecular formula is C17H15N3O2S. The number of hydrogen-bond acceptors (Lipinski definition) is 4. The molecule has 5 nitrogen and oxygen atoms in total. The van der Waals surface area contributed by atoms with Gasteiger partial charge in [-0.15, -0.1) is 0 Å². The third-order valence-corrected chi connectivity index (χ3v) is 3.93. The predicted octanol–water partition coefficient (Wildman–Crippen LogP) is 2.60. The molecule has 0 saturated carbocycles. The van der Waals surface area contributed by atoms with E-state index in [1.54, 1.807) is 0 Å². The van der Waals surface area contributed by atoms with Crippen molar-refractivity contribution in [1.29, 1.82) is 0 Å². The summed E-state index contributed by atoms with van der Waals surface area (Å²) in [7, 11) is 0. The van der Waals surface area contributed by atoms with Gasteiger partial charge in [-0.1, -0.05) is 18.3 Å². The van der Waals surface area contributed by atoms with E-state index in [1.807, 2.05) is 47.0 Å². The first-order chi connectivity index (χ1) is 11.2. The minimum Gasteiger partial charge on any atom is -0.486 e. The summed E-state index contributed by atoms with van der Waals surface area (Å²) >= 11 is 5.11. The molecule has 2 N–H and O–H groups in total. The molecule has 0 radical (unpaired) electrons. The van der Waals surface area contributed by atoms with Gasteiger partial charge in [0.05, 0.1) is 16.4 Å². The van der Waals surface area contributed by atoms with Crippen LogP contribution in [0.25, 0.3) is 16.9 Å². The standard InChI is InChI=1S/C17H15N3O2S/c18-15(23)10-12-17(19-16-3-1-2-6-20(12)16)11-4-5-13-14(9-11)22-8-7-21-13/h1-6,9H,7-8,10H2,(H2,18,23). The Labute approximate surface area is 138 Å². The summed E-state index contributed by atoms with van der Waals surface area (Å²) in [5, 5.41) is 0. The number of nitrogens with zero attached hydrogens (tertiary/aromatic N) is 2. The molecule has 0 bridgehead atoms. The van der Waals surface area contributed by atoms with Gasteiger partial charge >= 0.3 is 0 Å². The van der Waals surface area contributed by atoms with Crippen molar-refractivity contribution in [3.63, 3.8) is 0 Å². The molecule has 0 unspecified atom stereocenters. The van der Waals surface area contributed by atoms with Gasteiger partial charge in [0, 0.05) is 18.2 Å². The summed E-state index contributed by atoms with van der Waals surface area (Å²) in [4.78, 5) is 5.18. The maximum absolute atomic E-state index is 5.78. The van der Waals surface area contributed by atoms with Crippen LogP contribution in [0.3, 0.4) is 0 Å². The lowest BCUT2D eigenvalue weighted by molar-refractivity contribution is 0.171. The van der Waals surface area contributed by atoms with Gasteiger partial charge in [-0.3, -0.25) is 0 Å². The van der Waals surface area contributed by atoms with Crippen molar-refractivity contribution in [2.45, 2.75) is 6.42 Å². The van der Waals surface area contributed by atoms with Gasteiger partial charge in [0.25, 0.3) is 0 Å². The predicted molar refractivity (Wildman–Crippen MR) is 92.1 cm³/mol. The molecule has 4 rings (SSSR count). The average molecular weight is 325 g/mol. The quantitative estimate of drug-likeness (QED) is 0.750. The Hall–Kier alpha value is -2.60. The number of hydrogen-bond donors (Lipinski definition) is 1. The highest BCUT2D eigenvalue weighted by Gasteiger charge is 2.18. The zero-order valence-corrected chi connectivity index (χ0v) is 13.2. The summed E-state index contributed by atoms with van der Waals surface area (Å²) in [6.07, 6.45) is 2.46. The van der Waals surface area contributed by atoms with Gasteiger partial charge in [-0.2, -0.15) is 0 Å². The number of pyridine rings is 1. The van der Waals surface area contributed by atoms with Gasteiger partial charge in [0.15, 0.2) is 11.5 Å². The first-order valence-electron chi connectivity index (χ1n) is 7.36. The van der Waals surface area contributed by atoms with E-state index in [9.17, 15) is 0 Å². The van der Waals surface area contributed by atoms with Crippen molar-refractivity contribution in [1.82, 2.24) is 9.38 Å². The summed E-state index contributed by atoms with van der Waals surface area (Å²) in [6, 6.07) is 11.7. The fourth-order valence-corrected chi connectivity index (χ4v) is 2.94. The fraction of sp³-hybridized carbons (Fsp3) is 0.176. The maximum Gasteiger partial charge on any atom is 0.162 e. The number of fused-ring (bicyclic) bond motifs is 2. The van der Waals surface area contributed by atoms with Crippen LogP contribution in [0.1, 0.15) is 5.69 Å². The number of rotatable bonds is 3. The van der Waals surface area contributed by atoms with Gasteiger partial charge in [0.2, 0.25) is 0 Å². The lowest BCUT2D eigenvalue weighted by Crippen LogP contribution is -2.15. The normalized spacial score (nSPS) is 13.2. The van der Waals surface area contributed by atoms with Crippen LogP contribution in [0.4, 0.5) is 0 Å². The van der Waals surface area contributed by atoms with Crippen LogP contribution in [-0.2, 0) is 6.42 Å². The van der Waals surface area contributed by atoms with Crippen molar-refractivity contribution in [3.8, 4) is 22.8 Å². The Bertz CT molecular complexity index is 904. The van der Waals surface area contributed by atoms with E-state index in [2.05, 4.69) is 0 Å². The third-order valence-electron chi connectivity index (χ3n) is 3.79. The van der Waals surface area contributed by atoms with Gasteiger partial charge < -0.3 is 19.6 Å². The molecule has 0 amide bonds. The number of imidazole rings is 1. The first kappa shape index (κ1) is 14.0. The molecule has 0 fully saturated rings. The van der Waals surface area contributed by atoms with Crippen molar-refractivity contribution in [2.24, 2.45) is 5.73 Å². The molecule has 116 valence electrons. The largest absolute Gasteiger partial charge is 0.486 e. The number of thiocarbonyl (C=S) groups is 1. The molecule has 6 heteroatoms. The highest BCUT2D eigenvalue weighted by Crippen LogP contribution is 2.35. The van der Waals surface area contributed by atoms with Crippen LogP contribution < -0.4 is 15.2 Å². The molecule has 1 aromatic carbocycles. The van der Waals surface area contributed by atoms with Crippen LogP contribution >= 0.6 is 12.2 Å². The Morgan fingerprint density at radius 1 is 1.17 bits per heavy atom. The molecule has 3 heterocycles. The van der Waals surface area contributed by atoms with E-state index < -0.39 is 0 Å². The van der Waals surface area contributed by atoms with Crippen LogP contribution in [0, 0.1) is 0 Å². The van der Waals surface area contributed by atoms with Gasteiger partial charge in [-0.25, -0.2) is 4.98 Å². The van der Waals surface area contributed by atoms with Crippen LogP contribution in [0.2, 0.25) is 0 Å². The fourth-order valence-electron chi connectivity index (χ4n) is 2.80. The highest BCUT2D eigenvalue weighted by molar-refractivity contribution is 7.80. The van der Waals surface area contributed by atoms with E-state index in [0.717, 1.165) is 34.1 Å². The summed E-state index contributed by atoms with van der Waals surface area (Å²) < 4.78 is 13.3. The molecular weight excluding hydrogens is 310 g/mol. The van der Waals surface area contributed by atoms with E-state index in [4.69, 9.17) is 32.4 Å². The Morgan fingerprint density at radius 2 is 2.00 bits per heavy atom. The zero-order valence-electron chi connectivity index (χ0n) is 12.4. The molecule has 3 aromatic rings. The third kappa shape index (κ3) is 2.51. The monoisotopic (exact) mass is 325 g/mol. The molecule has 1 aliphatic rings. The lowest BCUT2D eigenvalue weighted by atomic mass is 10.1. The molecule has 0 aliphatic carbocycles. The molecule has 23 heavy (non-hydrogen) atoms. The van der Waals surface area contributed by atoms with Crippen molar-refractivity contribution in [3.05, 3.63) is 48.3 Å². The van der Waals surface area contributed by atoms with Gasteiger partial charge in [0.1, 0.15) is 18.9 Å². The smallest absolute Gasteiger partial charge is 0.162 e. The number of aromatic nitrogens is 2. The second kappa shape index (κ2) is 5.55. The topological polar surface area (TPSA) is 61.8 Å². The van der Waals surface area contributed by atoms with Crippen LogP contribution in [-0.4, -0.2) is 27.6 Å². The van der Waals surface area contributed by atoms with Crippen molar-refractivity contribution < 1.29 is 9.47 Å². The second-order valence-electron chi connectivity index (χ2n) is 5.34. The molecule has 0 spiro atoms. The molecule has 1 aliphatic heterocycles. The SMILES string of the molecule is NC(=S)Cc1c(-c2ccc3c(c2)OCCO3)nc2ccccn12. The van der Waals surface area contributed by atoms with Crippen molar-refractivity contribution >= 4 is 22.9 Å². The van der Waals surface area contributed by atoms with Gasteiger partial charge in [-0.05, 0) is 30.3 Å². The number of ether oxygens (including phenoxy) is 2. The Balaban J connectivity index is 1.89. The minimum atomic E-state index is 0.439. The molecule has 0 saturated heterocycles. The molecule has 2 aromatic heterocycles. The second-order valence-corrected chi connectivity index (χ2v) is 5.86. The highest BCUT2D eigenvalue weighted by atomic mass is 32.1. The summed E-state index contributed by atoms with van der Waals surface area (Å²) in [5.41, 5.74) is 9.44. The van der Waals surface area contributed by atoms with E-state index in [1.165, 1.54) is 0 Å². The Morgan fingerprint density at radius 3 is 2.83 bits per heavy atom. The maximum atomic E-state index is 5.78. The zero-order chi connectivity index (χ0) is 15.8. The summed E-state index contributed by atoms with van der Waals surface area (Å²) in [6.45, 7) is 1.13. The Kier molecular flexibility index (Phi) is 3.38. The van der Waals surface area contributed by atoms with Crippen LogP contribution in [0.15, 0.2) is 42.6 Å². The van der Waals surface area contributed by atoms with E-state index in [0.29, 0.717) is 24.6 Å². The van der Waals surface area contributed by atoms with Crippen LogP contribution in [0.5, 0.6) is 11.5 Å². The summed E-state index contributed by atoms with van der Waals surface area (Å²) in [5.74, 6) is 1.51. The number of nitrogens with two attached hydrogens (primary N) is 1. The molecule has 0 atom stereocenters. The lowest BCUT2D eigenvalue weighted by Gasteiger charge is -2.18. The first-order valence-corrected chi connectivity index (χ1v) is 7.77. The van der Waals surface area contributed by atoms with Crippen molar-refractivity contribution in [2.75, 3.05) is 13.2 Å². The average Bonchev–Trinajstić information content (AvgIpc) is 2.93. The van der Waals surface area contributed by atoms with E-state index in [-0.39, 0.29) is 0 Å². The number of benzene rings is 1.